The van der Waals surface area contributed by atoms with E-state index in [0.29, 0.717) is 34.0 Å². The molecule has 4 aliphatic rings. The number of nitrogens with zero attached hydrogens (tertiary/aromatic N) is 2. The average Bonchev–Trinajstić information content (AvgIpc) is 3.44. The Balaban J connectivity index is 1.37. The molecule has 0 radical (unpaired) electrons. The predicted octanol–water partition coefficient (Wildman–Crippen LogP) is 6.87. The number of imide groups is 2. The van der Waals surface area contributed by atoms with Crippen LogP contribution in [0, 0.1) is 29.1 Å². The number of methoxy groups -OCH3 is 1. The number of hydrogen-bond donors (Lipinski definition) is 1. The van der Waals surface area contributed by atoms with Crippen molar-refractivity contribution in [3.05, 3.63) is 95.1 Å². The maximum absolute atomic E-state index is 14.5. The van der Waals surface area contributed by atoms with E-state index in [1.807, 2.05) is 0 Å². The Hall–Kier alpha value is -5.14. The highest BCUT2D eigenvalue weighted by Gasteiger charge is 2.68. The van der Waals surface area contributed by atoms with Crippen LogP contribution in [0.25, 0.3) is 0 Å². The number of phenolic OH excluding ortho intramolecular Hbond substituents is 1. The van der Waals surface area contributed by atoms with Crippen molar-refractivity contribution in [1.82, 2.24) is 0 Å². The lowest BCUT2D eigenvalue weighted by Crippen LogP contribution is -2.48. The topological polar surface area (TPSA) is 104 Å². The van der Waals surface area contributed by atoms with Crippen molar-refractivity contribution in [3.63, 3.8) is 0 Å². The first-order valence-corrected chi connectivity index (χ1v) is 15.7. The minimum absolute atomic E-state index is 0.0877. The monoisotopic (exact) mass is 698 g/mol. The van der Waals surface area contributed by atoms with Gasteiger partial charge in [-0.2, -0.15) is 26.3 Å². The second kappa shape index (κ2) is 11.2. The van der Waals surface area contributed by atoms with Gasteiger partial charge in [-0.15, -0.1) is 0 Å². The van der Waals surface area contributed by atoms with E-state index >= 15 is 0 Å². The van der Waals surface area contributed by atoms with Crippen LogP contribution in [-0.4, -0.2) is 35.8 Å². The van der Waals surface area contributed by atoms with E-state index in [4.69, 9.17) is 4.74 Å². The molecule has 2 heterocycles. The second-order valence-electron chi connectivity index (χ2n) is 13.2. The van der Waals surface area contributed by atoms with Crippen molar-refractivity contribution in [3.8, 4) is 11.5 Å². The number of benzene rings is 3. The lowest BCUT2D eigenvalue weighted by Gasteiger charge is -2.49. The van der Waals surface area contributed by atoms with Gasteiger partial charge in [-0.1, -0.05) is 29.8 Å². The molecule has 260 valence electrons. The second-order valence-corrected chi connectivity index (χ2v) is 13.2. The predicted molar refractivity (Wildman–Crippen MR) is 165 cm³/mol. The Bertz CT molecular complexity index is 1960. The quantitative estimate of drug-likeness (QED) is 0.181. The van der Waals surface area contributed by atoms with Crippen LogP contribution in [0.5, 0.6) is 11.5 Å². The molecular formula is C36H28F6N2O6. The third kappa shape index (κ3) is 4.82. The molecule has 2 aliphatic heterocycles. The number of para-hydroxylation sites is 1. The molecule has 3 fully saturated rings. The van der Waals surface area contributed by atoms with E-state index in [9.17, 15) is 50.6 Å². The molecule has 3 aromatic carbocycles. The van der Waals surface area contributed by atoms with Gasteiger partial charge in [-0.3, -0.25) is 19.2 Å². The van der Waals surface area contributed by atoms with E-state index < -0.39 is 87.8 Å². The van der Waals surface area contributed by atoms with Crippen molar-refractivity contribution in [1.29, 1.82) is 0 Å². The Morgan fingerprint density at radius 3 is 2.02 bits per heavy atom. The van der Waals surface area contributed by atoms with Gasteiger partial charge in [0, 0.05) is 11.5 Å². The van der Waals surface area contributed by atoms with Crippen molar-refractivity contribution >= 4 is 35.0 Å². The maximum atomic E-state index is 14.5. The van der Waals surface area contributed by atoms with E-state index in [1.165, 1.54) is 25.3 Å². The molecule has 1 saturated carbocycles. The SMILES string of the molecule is COc1ccc(O)c(C2C3=CCC4C(=O)N(c5cc(C(F)(F)F)cc(C(F)(F)F)c5)C(=O)C4C3CC3C(=O)N(c4ccccc4)C(=O)C32C)c1. The Labute approximate surface area is 280 Å². The zero-order valence-corrected chi connectivity index (χ0v) is 26.4. The lowest BCUT2D eigenvalue weighted by atomic mass is 9.51. The summed E-state index contributed by atoms with van der Waals surface area (Å²) in [5.74, 6) is -8.57. The Morgan fingerprint density at radius 2 is 1.42 bits per heavy atom. The third-order valence-corrected chi connectivity index (χ3v) is 10.7. The van der Waals surface area contributed by atoms with E-state index in [2.05, 4.69) is 0 Å². The van der Waals surface area contributed by atoms with Crippen LogP contribution in [0.15, 0.2) is 78.4 Å². The van der Waals surface area contributed by atoms with Gasteiger partial charge in [0.05, 0.1) is 52.8 Å². The van der Waals surface area contributed by atoms with Crippen LogP contribution in [0.3, 0.4) is 0 Å². The summed E-state index contributed by atoms with van der Waals surface area (Å²) in [5, 5.41) is 11.2. The maximum Gasteiger partial charge on any atom is 0.416 e. The van der Waals surface area contributed by atoms with Gasteiger partial charge in [-0.25, -0.2) is 9.80 Å². The summed E-state index contributed by atoms with van der Waals surface area (Å²) in [6, 6.07) is 13.1. The summed E-state index contributed by atoms with van der Waals surface area (Å²) in [6.45, 7) is 1.60. The van der Waals surface area contributed by atoms with Gasteiger partial charge in [0.1, 0.15) is 11.5 Å². The van der Waals surface area contributed by atoms with Crippen LogP contribution < -0.4 is 14.5 Å². The van der Waals surface area contributed by atoms with E-state index in [1.54, 1.807) is 43.3 Å². The van der Waals surface area contributed by atoms with Crippen LogP contribution >= 0.6 is 0 Å². The average molecular weight is 699 g/mol. The molecule has 14 heteroatoms. The van der Waals surface area contributed by atoms with Gasteiger partial charge in [-0.05, 0) is 74.2 Å². The Kier molecular flexibility index (Phi) is 7.47. The molecule has 2 aliphatic carbocycles. The molecule has 2 saturated heterocycles. The van der Waals surface area contributed by atoms with Gasteiger partial charge < -0.3 is 9.84 Å². The van der Waals surface area contributed by atoms with Crippen LogP contribution in [0.2, 0.25) is 0 Å². The van der Waals surface area contributed by atoms with Gasteiger partial charge >= 0.3 is 12.4 Å². The summed E-state index contributed by atoms with van der Waals surface area (Å²) in [7, 11) is 1.39. The summed E-state index contributed by atoms with van der Waals surface area (Å²) in [4.78, 5) is 58.1. The number of carbonyl (C=O) groups excluding carboxylic acids is 4. The molecule has 7 rings (SSSR count). The highest BCUT2D eigenvalue weighted by molar-refractivity contribution is 6.25. The first-order valence-electron chi connectivity index (χ1n) is 15.7. The number of fused-ring (bicyclic) bond motifs is 4. The molecule has 3 aromatic rings. The summed E-state index contributed by atoms with van der Waals surface area (Å²) < 4.78 is 87.9. The van der Waals surface area contributed by atoms with E-state index in [-0.39, 0.29) is 30.2 Å². The molecule has 6 unspecified atom stereocenters. The van der Waals surface area contributed by atoms with Crippen LogP contribution in [0.1, 0.15) is 42.4 Å². The highest BCUT2D eigenvalue weighted by Crippen LogP contribution is 2.64. The lowest BCUT2D eigenvalue weighted by molar-refractivity contribution is -0.143. The minimum Gasteiger partial charge on any atom is -0.508 e. The van der Waals surface area contributed by atoms with Crippen LogP contribution in [-0.2, 0) is 31.5 Å². The number of anilines is 2. The van der Waals surface area contributed by atoms with Crippen molar-refractivity contribution in [2.45, 2.75) is 38.0 Å². The number of alkyl halides is 6. The molecule has 0 spiro atoms. The largest absolute Gasteiger partial charge is 0.508 e. The van der Waals surface area contributed by atoms with Gasteiger partial charge in [0.15, 0.2) is 0 Å². The van der Waals surface area contributed by atoms with E-state index in [0.717, 1.165) is 4.90 Å². The molecule has 50 heavy (non-hydrogen) atoms. The first kappa shape index (κ1) is 33.4. The fraction of sp³-hybridized carbons (Fsp3) is 0.333. The normalized spacial score (nSPS) is 28.0. The summed E-state index contributed by atoms with van der Waals surface area (Å²) in [6.07, 6.45) is -9.05. The third-order valence-electron chi connectivity index (χ3n) is 10.7. The number of ether oxygens (including phenoxy) is 1. The highest BCUT2D eigenvalue weighted by atomic mass is 19.4. The van der Waals surface area contributed by atoms with Crippen molar-refractivity contribution < 1.29 is 55.4 Å². The smallest absolute Gasteiger partial charge is 0.416 e. The Morgan fingerprint density at radius 1 is 0.780 bits per heavy atom. The number of amides is 4. The zero-order valence-electron chi connectivity index (χ0n) is 26.4. The van der Waals surface area contributed by atoms with Gasteiger partial charge in [0.25, 0.3) is 0 Å². The van der Waals surface area contributed by atoms with Crippen molar-refractivity contribution in [2.24, 2.45) is 29.1 Å². The van der Waals surface area contributed by atoms with Gasteiger partial charge in [0.2, 0.25) is 23.6 Å². The molecule has 4 amide bonds. The molecule has 0 aromatic heterocycles. The number of phenols is 1. The summed E-state index contributed by atoms with van der Waals surface area (Å²) >= 11 is 0. The zero-order chi connectivity index (χ0) is 36.1. The first-order chi connectivity index (χ1) is 23.5. The number of hydrogen-bond acceptors (Lipinski definition) is 6. The number of allylic oxidation sites excluding steroid dienone is 2. The standard InChI is InChI=1S/C36H28F6N2O6/c1-34-26(31(47)44(33(34)49)19-6-4-3-5-7-19)16-24-22(29(34)25-15-21(50-2)8-11-27(25)45)9-10-23-28(24)32(48)43(30(23)46)20-13-17(35(37,38)39)12-18(14-20)36(40,41)42/h3-9,11-15,23-24,26,28-29,45H,10,16H2,1-2H3. The van der Waals surface area contributed by atoms with Crippen LogP contribution in [0.4, 0.5) is 37.7 Å². The summed E-state index contributed by atoms with van der Waals surface area (Å²) in [5.41, 5.74) is -4.80. The molecule has 6 atom stereocenters. The fourth-order valence-corrected chi connectivity index (χ4v) is 8.40. The molecular weight excluding hydrogens is 670 g/mol. The minimum atomic E-state index is -5.22. The number of halogens is 6. The fourth-order valence-electron chi connectivity index (χ4n) is 8.40. The number of carbonyl (C=O) groups is 4. The van der Waals surface area contributed by atoms with Crippen molar-refractivity contribution in [2.75, 3.05) is 16.9 Å². The molecule has 1 N–H and O–H groups in total. The number of aromatic hydroxyl groups is 1. The number of rotatable bonds is 4. The molecule has 8 nitrogen and oxygen atoms in total. The molecule has 0 bridgehead atoms.